The lowest BCUT2D eigenvalue weighted by atomic mass is 9.99. The number of aliphatic hydroxyl groups excluding tert-OH is 1. The molecule has 1 unspecified atom stereocenters. The molecule has 15 heteroatoms. The van der Waals surface area contributed by atoms with Gasteiger partial charge in [-0.2, -0.15) is 18.2 Å². The molecule has 1 amide bonds. The first-order chi connectivity index (χ1) is 21.9. The van der Waals surface area contributed by atoms with Crippen LogP contribution in [0.5, 0.6) is 0 Å². The number of benzene rings is 2. The van der Waals surface area contributed by atoms with Gasteiger partial charge in [-0.25, -0.2) is 18.6 Å². The summed E-state index contributed by atoms with van der Waals surface area (Å²) >= 11 is 0. The summed E-state index contributed by atoms with van der Waals surface area (Å²) in [6.07, 6.45) is -1.57. The largest absolute Gasteiger partial charge is 0.490 e. The average Bonchev–Trinajstić information content (AvgIpc) is 3.52. The maximum Gasteiger partial charge on any atom is 0.490 e. The lowest BCUT2D eigenvalue weighted by Crippen LogP contribution is -2.35. The van der Waals surface area contributed by atoms with E-state index in [1.54, 1.807) is 25.1 Å². The number of esters is 1. The van der Waals surface area contributed by atoms with Crippen molar-refractivity contribution in [1.82, 2.24) is 19.9 Å². The van der Waals surface area contributed by atoms with Crippen molar-refractivity contribution in [2.45, 2.75) is 50.9 Å². The van der Waals surface area contributed by atoms with Gasteiger partial charge in [-0.1, -0.05) is 25.0 Å². The molecule has 242 valence electrons. The van der Waals surface area contributed by atoms with Crippen LogP contribution in [0.3, 0.4) is 0 Å². The molecule has 0 spiro atoms. The molecule has 0 saturated heterocycles. The summed E-state index contributed by atoms with van der Waals surface area (Å²) in [5, 5.41) is 15.5. The Bertz CT molecular complexity index is 1840. The zero-order valence-electron chi connectivity index (χ0n) is 24.3. The SMILES string of the molecule is Cc1ccc(C(=O)NC2CCCC2)cc1-c1nc(NC(CO)COC(=O)C(F)(F)F)nc2c1ccc(=O)n2-c1c(F)cccc1F. The first-order valence-corrected chi connectivity index (χ1v) is 14.3. The Morgan fingerprint density at radius 1 is 1.07 bits per heavy atom. The molecule has 2 heterocycles. The minimum atomic E-state index is -5.28. The lowest BCUT2D eigenvalue weighted by molar-refractivity contribution is -0.200. The Kier molecular flexibility index (Phi) is 9.32. The number of halogens is 5. The van der Waals surface area contributed by atoms with Crippen LogP contribution in [-0.4, -0.2) is 63.0 Å². The van der Waals surface area contributed by atoms with E-state index in [9.17, 15) is 32.7 Å². The predicted molar refractivity (Wildman–Crippen MR) is 156 cm³/mol. The van der Waals surface area contributed by atoms with Gasteiger partial charge in [0.2, 0.25) is 5.95 Å². The molecule has 0 aliphatic heterocycles. The van der Waals surface area contributed by atoms with Crippen molar-refractivity contribution >= 4 is 28.9 Å². The molecule has 46 heavy (non-hydrogen) atoms. The van der Waals surface area contributed by atoms with Crippen LogP contribution in [0.25, 0.3) is 28.0 Å². The molecular formula is C31H28F5N5O5. The van der Waals surface area contributed by atoms with E-state index >= 15 is 8.78 Å². The van der Waals surface area contributed by atoms with Crippen LogP contribution in [0.2, 0.25) is 0 Å². The van der Waals surface area contributed by atoms with Gasteiger partial charge in [-0.15, -0.1) is 0 Å². The number of rotatable bonds is 9. The normalized spacial score (nSPS) is 14.3. The zero-order valence-corrected chi connectivity index (χ0v) is 24.3. The number of amides is 1. The van der Waals surface area contributed by atoms with Crippen molar-refractivity contribution < 1.29 is 41.4 Å². The van der Waals surface area contributed by atoms with Crippen LogP contribution in [0.15, 0.2) is 53.3 Å². The molecule has 10 nitrogen and oxygen atoms in total. The number of anilines is 1. The summed E-state index contributed by atoms with van der Waals surface area (Å²) in [6.45, 7) is -0.0824. The van der Waals surface area contributed by atoms with Crippen molar-refractivity contribution in [1.29, 1.82) is 0 Å². The third-order valence-electron chi connectivity index (χ3n) is 7.56. The molecular weight excluding hydrogens is 617 g/mol. The lowest BCUT2D eigenvalue weighted by Gasteiger charge is -2.20. The smallest absolute Gasteiger partial charge is 0.457 e. The molecule has 1 saturated carbocycles. The molecule has 4 aromatic rings. The van der Waals surface area contributed by atoms with Gasteiger partial charge < -0.3 is 20.5 Å². The van der Waals surface area contributed by atoms with Crippen LogP contribution in [0, 0.1) is 18.6 Å². The minimum absolute atomic E-state index is 0.0277. The zero-order chi connectivity index (χ0) is 33.2. The van der Waals surface area contributed by atoms with Crippen LogP contribution < -0.4 is 16.2 Å². The average molecular weight is 646 g/mol. The molecule has 1 atom stereocenters. The summed E-state index contributed by atoms with van der Waals surface area (Å²) in [4.78, 5) is 46.2. The number of alkyl halides is 3. The number of nitrogens with one attached hydrogen (secondary N) is 2. The van der Waals surface area contributed by atoms with Gasteiger partial charge in [0.25, 0.3) is 11.5 Å². The highest BCUT2D eigenvalue weighted by molar-refractivity contribution is 5.98. The van der Waals surface area contributed by atoms with Gasteiger partial charge in [0.15, 0.2) is 5.65 Å². The fourth-order valence-corrected chi connectivity index (χ4v) is 5.24. The third kappa shape index (κ3) is 6.83. The van der Waals surface area contributed by atoms with Gasteiger partial charge >= 0.3 is 12.1 Å². The second-order valence-corrected chi connectivity index (χ2v) is 10.8. The highest BCUT2D eigenvalue weighted by atomic mass is 19.4. The molecule has 5 rings (SSSR count). The summed E-state index contributed by atoms with van der Waals surface area (Å²) in [7, 11) is 0. The summed E-state index contributed by atoms with van der Waals surface area (Å²) in [5.74, 6) is -5.38. The van der Waals surface area contributed by atoms with Crippen LogP contribution in [0.1, 0.15) is 41.6 Å². The number of aromatic nitrogens is 3. The maximum absolute atomic E-state index is 15.0. The second-order valence-electron chi connectivity index (χ2n) is 10.8. The van der Waals surface area contributed by atoms with Crippen molar-refractivity contribution in [2.24, 2.45) is 0 Å². The molecule has 2 aromatic carbocycles. The maximum atomic E-state index is 15.0. The number of para-hydroxylation sites is 1. The van der Waals surface area contributed by atoms with Gasteiger partial charge in [-0.05, 0) is 55.7 Å². The first-order valence-electron chi connectivity index (χ1n) is 14.3. The first kappa shape index (κ1) is 32.5. The topological polar surface area (TPSA) is 135 Å². The fourth-order valence-electron chi connectivity index (χ4n) is 5.24. The molecule has 0 bridgehead atoms. The Hall–Kier alpha value is -4.92. The Morgan fingerprint density at radius 3 is 2.41 bits per heavy atom. The van der Waals surface area contributed by atoms with E-state index in [0.29, 0.717) is 15.7 Å². The highest BCUT2D eigenvalue weighted by Gasteiger charge is 2.41. The number of hydrogen-bond donors (Lipinski definition) is 3. The second kappa shape index (κ2) is 13.2. The van der Waals surface area contributed by atoms with Gasteiger partial charge in [0, 0.05) is 28.6 Å². The minimum Gasteiger partial charge on any atom is -0.457 e. The van der Waals surface area contributed by atoms with E-state index in [1.165, 1.54) is 6.07 Å². The van der Waals surface area contributed by atoms with E-state index in [4.69, 9.17) is 0 Å². The molecule has 2 aromatic heterocycles. The van der Waals surface area contributed by atoms with Crippen LogP contribution in [-0.2, 0) is 9.53 Å². The number of aliphatic hydroxyl groups is 1. The van der Waals surface area contributed by atoms with Crippen LogP contribution in [0.4, 0.5) is 27.9 Å². The van der Waals surface area contributed by atoms with Crippen LogP contribution >= 0.6 is 0 Å². The number of nitrogens with zero attached hydrogens (tertiary/aromatic N) is 3. The Balaban J connectivity index is 1.67. The molecule has 1 aliphatic rings. The van der Waals surface area contributed by atoms with E-state index in [2.05, 4.69) is 25.3 Å². The molecule has 1 aliphatic carbocycles. The third-order valence-corrected chi connectivity index (χ3v) is 7.56. The number of aryl methyl sites for hydroxylation is 1. The number of ether oxygens (including phenoxy) is 1. The van der Waals surface area contributed by atoms with Gasteiger partial charge in [-0.3, -0.25) is 14.2 Å². The predicted octanol–water partition coefficient (Wildman–Crippen LogP) is 4.59. The summed E-state index contributed by atoms with van der Waals surface area (Å²) in [6, 6.07) is 8.90. The van der Waals surface area contributed by atoms with E-state index in [1.807, 2.05) is 0 Å². The van der Waals surface area contributed by atoms with Crippen molar-refractivity contribution in [3.63, 3.8) is 0 Å². The number of pyridine rings is 1. The van der Waals surface area contributed by atoms with Gasteiger partial charge in [0.05, 0.1) is 18.3 Å². The number of hydrogen-bond acceptors (Lipinski definition) is 8. The Labute approximate surface area is 258 Å². The van der Waals surface area contributed by atoms with Gasteiger partial charge in [0.1, 0.15) is 23.9 Å². The standard InChI is InChI=1S/C31H28F5N5O5/c1-16-9-10-17(28(44)37-18-5-2-3-6-18)13-21(16)25-20-11-12-24(43)41(26-22(32)7-4-8-23(26)33)27(20)40-30(39-25)38-19(14-42)15-46-29(45)31(34,35)36/h4,7-13,18-19,42H,2-3,5-6,14-15H2,1H3,(H,37,44)(H,38,39,40). The van der Waals surface area contributed by atoms with E-state index < -0.39 is 54.3 Å². The summed E-state index contributed by atoms with van der Waals surface area (Å²) < 4.78 is 73.0. The van der Waals surface area contributed by atoms with Crippen molar-refractivity contribution in [3.8, 4) is 16.9 Å². The monoisotopic (exact) mass is 645 g/mol. The number of carbonyl (C=O) groups excluding carboxylic acids is 2. The Morgan fingerprint density at radius 2 is 1.76 bits per heavy atom. The van der Waals surface area contributed by atoms with E-state index in [0.717, 1.165) is 49.9 Å². The molecule has 3 N–H and O–H groups in total. The summed E-state index contributed by atoms with van der Waals surface area (Å²) in [5.41, 5.74) is -0.550. The number of fused-ring (bicyclic) bond motifs is 1. The quantitative estimate of drug-likeness (QED) is 0.178. The fraction of sp³-hybridized carbons (Fsp3) is 0.323. The number of carbonyl (C=O) groups is 2. The van der Waals surface area contributed by atoms with Crippen molar-refractivity contribution in [3.05, 3.63) is 81.6 Å². The highest BCUT2D eigenvalue weighted by Crippen LogP contribution is 2.32. The molecule has 1 fully saturated rings. The molecule has 0 radical (unpaired) electrons. The van der Waals surface area contributed by atoms with Crippen molar-refractivity contribution in [2.75, 3.05) is 18.5 Å². The van der Waals surface area contributed by atoms with E-state index in [-0.39, 0.29) is 40.2 Å².